The second kappa shape index (κ2) is 8.06. The molecule has 1 N–H and O–H groups in total. The number of hydrogen-bond donors (Lipinski definition) is 1. The normalized spacial score (nSPS) is 10.3. The van der Waals surface area contributed by atoms with Gasteiger partial charge in [-0.3, -0.25) is 4.79 Å². The summed E-state index contributed by atoms with van der Waals surface area (Å²) in [5.41, 5.74) is 2.12. The topological polar surface area (TPSA) is 38.3 Å². The van der Waals surface area contributed by atoms with Gasteiger partial charge in [0.15, 0.2) is 0 Å². The molecule has 25 heavy (non-hydrogen) atoms. The van der Waals surface area contributed by atoms with Crippen LogP contribution in [0.1, 0.15) is 15.9 Å². The molecule has 1 amide bonds. The average molecular weight is 372 g/mol. The molecule has 0 aromatic heterocycles. The summed E-state index contributed by atoms with van der Waals surface area (Å²) in [7, 11) is 0. The number of rotatable bonds is 5. The highest BCUT2D eigenvalue weighted by atomic mass is 35.5. The first-order valence-corrected chi connectivity index (χ1v) is 8.40. The fourth-order valence-corrected chi connectivity index (χ4v) is 2.74. The van der Waals surface area contributed by atoms with Crippen LogP contribution in [0, 0.1) is 0 Å². The summed E-state index contributed by atoms with van der Waals surface area (Å²) in [5.74, 6) is 0.436. The summed E-state index contributed by atoms with van der Waals surface area (Å²) in [4.78, 5) is 12.3. The van der Waals surface area contributed by atoms with Gasteiger partial charge in [-0.15, -0.1) is 0 Å². The Morgan fingerprint density at radius 3 is 2.32 bits per heavy atom. The van der Waals surface area contributed by atoms with Crippen LogP contribution < -0.4 is 10.1 Å². The van der Waals surface area contributed by atoms with Crippen molar-refractivity contribution in [2.24, 2.45) is 0 Å². The van der Waals surface area contributed by atoms with Crippen molar-refractivity contribution in [3.05, 3.63) is 94.0 Å². The number of halogens is 2. The van der Waals surface area contributed by atoms with Crippen LogP contribution in [0.15, 0.2) is 72.8 Å². The Morgan fingerprint density at radius 2 is 1.64 bits per heavy atom. The lowest BCUT2D eigenvalue weighted by Crippen LogP contribution is -2.12. The summed E-state index contributed by atoms with van der Waals surface area (Å²) in [6.45, 7) is 0.493. The van der Waals surface area contributed by atoms with Crippen molar-refractivity contribution in [3.63, 3.8) is 0 Å². The molecule has 0 unspecified atom stereocenters. The molecule has 3 nitrogen and oxygen atoms in total. The van der Waals surface area contributed by atoms with Crippen LogP contribution in [-0.2, 0) is 6.61 Å². The third kappa shape index (κ3) is 4.75. The number of anilines is 1. The molecule has 0 heterocycles. The molecule has 0 spiro atoms. The fraction of sp³-hybridized carbons (Fsp3) is 0.0500. The number of ether oxygens (including phenoxy) is 1. The molecule has 0 bridgehead atoms. The van der Waals surface area contributed by atoms with Crippen molar-refractivity contribution in [2.45, 2.75) is 6.61 Å². The zero-order valence-corrected chi connectivity index (χ0v) is 14.7. The van der Waals surface area contributed by atoms with E-state index in [-0.39, 0.29) is 5.91 Å². The molecule has 126 valence electrons. The quantitative estimate of drug-likeness (QED) is 0.612. The van der Waals surface area contributed by atoms with E-state index in [1.165, 1.54) is 0 Å². The van der Waals surface area contributed by atoms with E-state index < -0.39 is 0 Å². The number of carbonyl (C=O) groups is 1. The lowest BCUT2D eigenvalue weighted by atomic mass is 10.2. The van der Waals surface area contributed by atoms with E-state index in [1.807, 2.05) is 42.5 Å². The summed E-state index contributed by atoms with van der Waals surface area (Å²) >= 11 is 11.9. The minimum atomic E-state index is -0.292. The number of benzene rings is 3. The first-order chi connectivity index (χ1) is 12.1. The van der Waals surface area contributed by atoms with Crippen LogP contribution in [-0.4, -0.2) is 5.91 Å². The molecule has 0 fully saturated rings. The number of nitrogens with one attached hydrogen (secondary N) is 1. The summed E-state index contributed by atoms with van der Waals surface area (Å²) < 4.78 is 5.72. The van der Waals surface area contributed by atoms with E-state index in [0.717, 1.165) is 11.3 Å². The molecule has 5 heteroatoms. The third-order valence-corrected chi connectivity index (χ3v) is 4.08. The molecule has 0 saturated carbocycles. The molecule has 3 aromatic carbocycles. The molecule has 0 saturated heterocycles. The third-order valence-electron chi connectivity index (χ3n) is 3.54. The SMILES string of the molecule is O=C(Nc1ccc(OCc2ccccc2)cc1)c1ccc(Cl)cc1Cl. The average Bonchev–Trinajstić information content (AvgIpc) is 2.62. The van der Waals surface area contributed by atoms with Gasteiger partial charge in [-0.1, -0.05) is 53.5 Å². The Morgan fingerprint density at radius 1 is 0.920 bits per heavy atom. The van der Waals surface area contributed by atoms with E-state index in [4.69, 9.17) is 27.9 Å². The summed E-state index contributed by atoms with van der Waals surface area (Å²) in [6.07, 6.45) is 0. The highest BCUT2D eigenvalue weighted by molar-refractivity contribution is 6.37. The van der Waals surface area contributed by atoms with Gasteiger partial charge in [0.25, 0.3) is 5.91 Å². The van der Waals surface area contributed by atoms with Crippen LogP contribution in [0.2, 0.25) is 10.0 Å². The highest BCUT2D eigenvalue weighted by Gasteiger charge is 2.11. The second-order valence-corrected chi connectivity index (χ2v) is 6.22. The number of amides is 1. The molecule has 0 aliphatic carbocycles. The van der Waals surface area contributed by atoms with E-state index in [0.29, 0.717) is 27.9 Å². The molecule has 3 aromatic rings. The first kappa shape index (κ1) is 17.3. The van der Waals surface area contributed by atoms with Crippen molar-refractivity contribution >= 4 is 34.8 Å². The molecule has 3 rings (SSSR count). The Labute approximate surface area is 156 Å². The lowest BCUT2D eigenvalue weighted by molar-refractivity contribution is 0.102. The number of hydrogen-bond acceptors (Lipinski definition) is 2. The monoisotopic (exact) mass is 371 g/mol. The maximum absolute atomic E-state index is 12.3. The van der Waals surface area contributed by atoms with Crippen molar-refractivity contribution < 1.29 is 9.53 Å². The van der Waals surface area contributed by atoms with Gasteiger partial charge in [-0.2, -0.15) is 0 Å². The van der Waals surface area contributed by atoms with E-state index in [1.54, 1.807) is 30.3 Å². The van der Waals surface area contributed by atoms with Crippen LogP contribution >= 0.6 is 23.2 Å². The van der Waals surface area contributed by atoms with E-state index in [2.05, 4.69) is 5.32 Å². The molecule has 0 atom stereocenters. The molecular formula is C20H15Cl2NO2. The van der Waals surface area contributed by atoms with Crippen LogP contribution in [0.3, 0.4) is 0 Å². The van der Waals surface area contributed by atoms with Gasteiger partial charge in [0.1, 0.15) is 12.4 Å². The second-order valence-electron chi connectivity index (χ2n) is 5.38. The van der Waals surface area contributed by atoms with Gasteiger partial charge in [0.05, 0.1) is 10.6 Å². The maximum atomic E-state index is 12.3. The summed E-state index contributed by atoms with van der Waals surface area (Å²) in [5, 5.41) is 3.60. The Bertz CT molecular complexity index is 865. The van der Waals surface area contributed by atoms with Gasteiger partial charge >= 0.3 is 0 Å². The first-order valence-electron chi connectivity index (χ1n) is 7.65. The van der Waals surface area contributed by atoms with Crippen LogP contribution in [0.5, 0.6) is 5.75 Å². The molecular weight excluding hydrogens is 357 g/mol. The van der Waals surface area contributed by atoms with Crippen molar-refractivity contribution in [1.82, 2.24) is 0 Å². The van der Waals surface area contributed by atoms with Gasteiger partial charge in [-0.05, 0) is 48.0 Å². The van der Waals surface area contributed by atoms with Gasteiger partial charge < -0.3 is 10.1 Å². The van der Waals surface area contributed by atoms with E-state index >= 15 is 0 Å². The Hall–Kier alpha value is -2.49. The Kier molecular flexibility index (Phi) is 5.59. The zero-order valence-electron chi connectivity index (χ0n) is 13.2. The van der Waals surface area contributed by atoms with Crippen molar-refractivity contribution in [1.29, 1.82) is 0 Å². The lowest BCUT2D eigenvalue weighted by Gasteiger charge is -2.09. The smallest absolute Gasteiger partial charge is 0.257 e. The van der Waals surface area contributed by atoms with Crippen LogP contribution in [0.4, 0.5) is 5.69 Å². The predicted molar refractivity (Wildman–Crippen MR) is 102 cm³/mol. The zero-order chi connectivity index (χ0) is 17.6. The maximum Gasteiger partial charge on any atom is 0.257 e. The van der Waals surface area contributed by atoms with Gasteiger partial charge in [-0.25, -0.2) is 0 Å². The standard InChI is InChI=1S/C20H15Cl2NO2/c21-15-6-11-18(19(22)12-15)20(24)23-16-7-9-17(10-8-16)25-13-14-4-2-1-3-5-14/h1-12H,13H2,(H,23,24). The minimum absolute atomic E-state index is 0.292. The van der Waals surface area contributed by atoms with E-state index in [9.17, 15) is 4.79 Å². The van der Waals surface area contributed by atoms with Gasteiger partial charge in [0, 0.05) is 10.7 Å². The van der Waals surface area contributed by atoms with Gasteiger partial charge in [0.2, 0.25) is 0 Å². The highest BCUT2D eigenvalue weighted by Crippen LogP contribution is 2.23. The Balaban J connectivity index is 1.61. The predicted octanol–water partition coefficient (Wildman–Crippen LogP) is 5.82. The molecule has 0 radical (unpaired) electrons. The largest absolute Gasteiger partial charge is 0.489 e. The fourth-order valence-electron chi connectivity index (χ4n) is 2.25. The van der Waals surface area contributed by atoms with Crippen molar-refractivity contribution in [2.75, 3.05) is 5.32 Å². The van der Waals surface area contributed by atoms with Crippen molar-refractivity contribution in [3.8, 4) is 5.75 Å². The minimum Gasteiger partial charge on any atom is -0.489 e. The number of carbonyl (C=O) groups excluding carboxylic acids is 1. The van der Waals surface area contributed by atoms with Crippen LogP contribution in [0.25, 0.3) is 0 Å². The molecule has 0 aliphatic rings. The molecule has 0 aliphatic heterocycles. The summed E-state index contributed by atoms with van der Waals surface area (Å²) in [6, 6.07) is 21.9.